The molecule has 0 saturated carbocycles. The number of benzene rings is 3. The van der Waals surface area contributed by atoms with Crippen molar-refractivity contribution in [3.05, 3.63) is 71.3 Å². The van der Waals surface area contributed by atoms with Crippen LogP contribution in [0.2, 0.25) is 0 Å². The lowest BCUT2D eigenvalue weighted by atomic mass is 10.1. The molecule has 0 spiro atoms. The predicted molar refractivity (Wildman–Crippen MR) is 296 cm³/mol. The molecule has 3 aliphatic rings. The zero-order valence-corrected chi connectivity index (χ0v) is 49.9. The molecule has 0 bridgehead atoms. The van der Waals surface area contributed by atoms with Crippen LogP contribution in [0.4, 0.5) is 34.1 Å². The first kappa shape index (κ1) is 67.5. The number of phosphoric acid groups is 1. The highest BCUT2D eigenvalue weighted by Gasteiger charge is 2.33. The first-order valence-corrected chi connectivity index (χ1v) is 27.1. The third kappa shape index (κ3) is 25.7. The van der Waals surface area contributed by atoms with Crippen LogP contribution >= 0.6 is 7.82 Å². The van der Waals surface area contributed by atoms with Gasteiger partial charge in [-0.15, -0.1) is 0 Å². The Hall–Kier alpha value is -3.54. The second-order valence-corrected chi connectivity index (χ2v) is 24.3. The molecule has 6 rings (SSSR count). The van der Waals surface area contributed by atoms with Gasteiger partial charge in [0.25, 0.3) is 0 Å². The lowest BCUT2D eigenvalue weighted by molar-refractivity contribution is -0.893. The number of aryl methyl sites for hydroxylation is 3. The predicted octanol–water partition coefficient (Wildman–Crippen LogP) is 0.767. The van der Waals surface area contributed by atoms with Gasteiger partial charge in [0.2, 0.25) is 0 Å². The molecule has 3 fully saturated rings. The Labute approximate surface area is 454 Å². The number of quaternary nitrogens is 3. The van der Waals surface area contributed by atoms with E-state index in [0.29, 0.717) is 31.3 Å². The zero-order valence-electron chi connectivity index (χ0n) is 47.5. The quantitative estimate of drug-likeness (QED) is 0.0707. The minimum absolute atomic E-state index is 0. The lowest BCUT2D eigenvalue weighted by Gasteiger charge is -2.31. The van der Waals surface area contributed by atoms with Gasteiger partial charge >= 0.3 is 13.8 Å². The molecule has 4 atom stereocenters. The number of nitrogens with two attached hydrogens (primary N) is 3. The summed E-state index contributed by atoms with van der Waals surface area (Å²) < 4.78 is 29.8. The van der Waals surface area contributed by atoms with Gasteiger partial charge in [0.1, 0.15) is 12.6 Å². The van der Waals surface area contributed by atoms with Crippen molar-refractivity contribution in [2.75, 3.05) is 175 Å². The summed E-state index contributed by atoms with van der Waals surface area (Å²) in [5.74, 6) is -0.824. The average Bonchev–Trinajstić information content (AvgIpc) is 4.04. The number of rotatable bonds is 18. The smallest absolute Gasteiger partial charge is 0.367 e. The summed E-state index contributed by atoms with van der Waals surface area (Å²) in [5.41, 5.74) is 26.8. The van der Waals surface area contributed by atoms with Crippen molar-refractivity contribution >= 4 is 47.9 Å². The van der Waals surface area contributed by atoms with E-state index in [9.17, 15) is 14.3 Å². The summed E-state index contributed by atoms with van der Waals surface area (Å²) in [6.07, 6.45) is 8.23. The van der Waals surface area contributed by atoms with Gasteiger partial charge in [0.15, 0.2) is 6.54 Å². The van der Waals surface area contributed by atoms with Gasteiger partial charge in [-0.1, -0.05) is 26.2 Å². The molecule has 3 saturated heterocycles. The van der Waals surface area contributed by atoms with E-state index in [2.05, 4.69) is 121 Å². The van der Waals surface area contributed by atoms with Crippen LogP contribution in [0.25, 0.3) is 0 Å². The van der Waals surface area contributed by atoms with Crippen molar-refractivity contribution in [3.63, 3.8) is 0 Å². The Bertz CT molecular complexity index is 2150. The molecule has 6 N–H and O–H groups in total. The summed E-state index contributed by atoms with van der Waals surface area (Å²) in [4.78, 5) is 32.8. The van der Waals surface area contributed by atoms with Crippen LogP contribution < -0.4 is 61.6 Å². The molecule has 0 amide bonds. The number of nitrogens with zero attached hydrogens (tertiary/aromatic N) is 7. The van der Waals surface area contributed by atoms with Crippen LogP contribution in [-0.2, 0) is 23.1 Å². The largest absolute Gasteiger partial charge is 1.00 e. The number of ether oxygens (including phenoxy) is 1. The number of likely N-dealkylation sites (N-methyl/N-ethyl adjacent to an activating group) is 3. The number of hydrogen-bond donors (Lipinski definition) is 3. The Morgan fingerprint density at radius 2 is 1.11 bits per heavy atom. The van der Waals surface area contributed by atoms with Crippen LogP contribution in [0.1, 0.15) is 68.6 Å². The third-order valence-corrected chi connectivity index (χ3v) is 14.1. The van der Waals surface area contributed by atoms with E-state index in [1.165, 1.54) is 55.6 Å². The first-order valence-electron chi connectivity index (χ1n) is 25.7. The number of carbonyl (C=O) groups is 1. The van der Waals surface area contributed by atoms with E-state index >= 15 is 0 Å². The van der Waals surface area contributed by atoms with Gasteiger partial charge in [-0.2, -0.15) is 0 Å². The zero-order chi connectivity index (χ0) is 53.3. The highest BCUT2D eigenvalue weighted by molar-refractivity contribution is 7.46. The molecule has 0 aliphatic carbocycles. The maximum Gasteiger partial charge on any atom is 0.367 e. The fourth-order valence-electron chi connectivity index (χ4n) is 8.42. The second kappa shape index (κ2) is 30.9. The number of unbranched alkanes of at least 4 members (excludes halogenated alkanes) is 3. The van der Waals surface area contributed by atoms with Gasteiger partial charge in [-0.3, -0.25) is 4.57 Å². The number of hydrogen-bond acceptors (Lipinski definition) is 13. The van der Waals surface area contributed by atoms with E-state index < -0.39 is 19.9 Å². The summed E-state index contributed by atoms with van der Waals surface area (Å²) >= 11 is 0. The highest BCUT2D eigenvalue weighted by Crippen LogP contribution is 2.42. The number of nitrogen functional groups attached to an aromatic ring is 3. The number of anilines is 6. The average molecular weight is 1080 g/mol. The normalized spacial score (nSPS) is 18.5. The highest BCUT2D eigenvalue weighted by atomic mass is 35.5. The molecule has 0 aromatic heterocycles. The molecule has 0 radical (unpaired) electrons. The molecule has 3 aromatic rings. The minimum Gasteiger partial charge on any atom is -1.00 e. The summed E-state index contributed by atoms with van der Waals surface area (Å²) in [7, 11) is 18.3. The fraction of sp³-hybridized carbons (Fsp3) is 0.648. The molecule has 3 heterocycles. The fourth-order valence-corrected chi connectivity index (χ4v) is 9.31. The maximum atomic E-state index is 11.9. The van der Waals surface area contributed by atoms with Crippen LogP contribution in [0.5, 0.6) is 0 Å². The van der Waals surface area contributed by atoms with E-state index in [-0.39, 0.29) is 35.8 Å². The van der Waals surface area contributed by atoms with Crippen LogP contribution in [0.3, 0.4) is 0 Å². The Balaban J connectivity index is 0.000000505. The van der Waals surface area contributed by atoms with Crippen LogP contribution in [0, 0.1) is 20.8 Å². The Morgan fingerprint density at radius 1 is 0.671 bits per heavy atom. The molecule has 73 heavy (non-hydrogen) atoms. The van der Waals surface area contributed by atoms with E-state index in [1.807, 2.05) is 42.2 Å². The van der Waals surface area contributed by atoms with Gasteiger partial charge in [-0.25, -0.2) is 4.79 Å². The van der Waals surface area contributed by atoms with Crippen molar-refractivity contribution in [1.29, 1.82) is 0 Å². The number of halogens is 2. The topological polar surface area (TPSA) is 176 Å². The first-order chi connectivity index (χ1) is 32.9. The minimum atomic E-state index is -4.68. The SMILES string of the molecule is CCCCCCN(C)C.Cc1cc(N2CCC(OCC[N+](C)(C)C)C2)ccc1N.Cc1cc(N2CCC(OP(=O)([O-])OC(=O)C[N+](C)(C)C)C2)ccc1N.Cc1cc(N2CCC([N+](C)(C)C)C2)ccc1N.[Cl-].[Cl-]. The lowest BCUT2D eigenvalue weighted by Crippen LogP contribution is -3.00. The molecule has 16 nitrogen and oxygen atoms in total. The van der Waals surface area contributed by atoms with Gasteiger partial charge in [0, 0.05) is 73.3 Å². The van der Waals surface area contributed by atoms with Crippen molar-refractivity contribution in [2.45, 2.75) is 90.9 Å². The van der Waals surface area contributed by atoms with Crippen LogP contribution in [0.15, 0.2) is 54.6 Å². The van der Waals surface area contributed by atoms with Gasteiger partial charge in [-0.05, 0) is 132 Å². The van der Waals surface area contributed by atoms with Crippen molar-refractivity contribution < 1.29 is 66.3 Å². The van der Waals surface area contributed by atoms with Gasteiger partial charge < -0.3 is 93.7 Å². The van der Waals surface area contributed by atoms with E-state index in [4.69, 9.17) is 26.5 Å². The standard InChI is InChI=1S/C16H26N3O5P.C16H28N3O.C14H24N3.C8H19N.2ClH/c1-12-9-13(5-6-15(12)17)18-8-7-14(10-18)23-25(21,22)24-16(20)11-19(2,3)4;1-13-11-14(5-6-16(13)17)18-8-7-15(12-18)20-10-9-19(2,3)4;1-11-9-12(5-6-14(11)15)16-8-7-13(10-16)17(2,3)4;1-4-5-6-7-8-9(2)3;;/h5-6,9,14H,7-8,10-11,17H2,1-4H3;5-6,11,15H,7-10,12,17H2,1-4H3;5-6,9,13H,7-8,10,15H2,1-4H3;4-8H2,1-3H3;2*1H/q;2*+1;;;/p-2. The summed E-state index contributed by atoms with van der Waals surface area (Å²) in [6, 6.07) is 19.0. The molecule has 3 aromatic carbocycles. The Morgan fingerprint density at radius 3 is 1.51 bits per heavy atom. The molecule has 19 heteroatoms. The van der Waals surface area contributed by atoms with Crippen molar-refractivity contribution in [2.24, 2.45) is 0 Å². The number of carbonyl (C=O) groups excluding carboxylic acids is 1. The summed E-state index contributed by atoms with van der Waals surface area (Å²) in [5, 5.41) is 0. The van der Waals surface area contributed by atoms with Crippen LogP contribution in [-0.4, -0.2) is 186 Å². The molecule has 418 valence electrons. The molecular formula is C54H97Cl2N10O6P. The Kier molecular flexibility index (Phi) is 28.5. The van der Waals surface area contributed by atoms with E-state index in [1.54, 1.807) is 21.1 Å². The second-order valence-electron chi connectivity index (χ2n) is 23.1. The number of phosphoric ester groups is 1. The van der Waals surface area contributed by atoms with E-state index in [0.717, 1.165) is 88.9 Å². The molecule has 3 aliphatic heterocycles. The van der Waals surface area contributed by atoms with Gasteiger partial charge in [0.05, 0.1) is 88.8 Å². The molecular weight excluding hydrogens is 987 g/mol. The monoisotopic (exact) mass is 1080 g/mol. The molecule has 4 unspecified atom stereocenters. The summed E-state index contributed by atoms with van der Waals surface area (Å²) in [6.45, 7) is 16.8. The van der Waals surface area contributed by atoms with Crippen molar-refractivity contribution in [3.8, 4) is 0 Å². The third-order valence-electron chi connectivity index (χ3n) is 13.1. The van der Waals surface area contributed by atoms with Crippen molar-refractivity contribution in [1.82, 2.24) is 4.90 Å². The maximum absolute atomic E-state index is 11.9.